The summed E-state index contributed by atoms with van der Waals surface area (Å²) in [6.45, 7) is 5.89. The molecule has 1 saturated heterocycles. The number of anilines is 2. The van der Waals surface area contributed by atoms with E-state index in [1.807, 2.05) is 25.5 Å². The normalized spacial score (nSPS) is 17.7. The van der Waals surface area contributed by atoms with Gasteiger partial charge in [0.15, 0.2) is 0 Å². The lowest BCUT2D eigenvalue weighted by molar-refractivity contribution is 0.547. The van der Waals surface area contributed by atoms with Gasteiger partial charge in [-0.05, 0) is 19.8 Å². The fraction of sp³-hybridized carbons (Fsp3) is 0.562. The Hall–Kier alpha value is -2.15. The minimum Gasteiger partial charge on any atom is -0.373 e. The van der Waals surface area contributed by atoms with Gasteiger partial charge in [-0.3, -0.25) is 0 Å². The fourth-order valence-corrected chi connectivity index (χ4v) is 3.14. The predicted molar refractivity (Wildman–Crippen MR) is 91.6 cm³/mol. The van der Waals surface area contributed by atoms with E-state index < -0.39 is 0 Å². The number of rotatable bonds is 7. The summed E-state index contributed by atoms with van der Waals surface area (Å²) in [5.74, 6) is 2.96. The molecule has 3 rings (SSSR count). The van der Waals surface area contributed by atoms with Crippen molar-refractivity contribution < 1.29 is 0 Å². The van der Waals surface area contributed by atoms with Crippen LogP contribution in [0.4, 0.5) is 11.6 Å². The molecule has 23 heavy (non-hydrogen) atoms. The van der Waals surface area contributed by atoms with Gasteiger partial charge in [-0.1, -0.05) is 0 Å². The Morgan fingerprint density at radius 1 is 1.30 bits per heavy atom. The van der Waals surface area contributed by atoms with Gasteiger partial charge in [0, 0.05) is 51.2 Å². The van der Waals surface area contributed by atoms with Crippen LogP contribution in [0.2, 0.25) is 0 Å². The van der Waals surface area contributed by atoms with Crippen LogP contribution in [0.3, 0.4) is 0 Å². The van der Waals surface area contributed by atoms with Crippen LogP contribution >= 0.6 is 0 Å². The van der Waals surface area contributed by atoms with E-state index in [9.17, 15) is 0 Å². The summed E-state index contributed by atoms with van der Waals surface area (Å²) in [5, 5.41) is 6.62. The van der Waals surface area contributed by atoms with Crippen LogP contribution in [-0.2, 0) is 13.1 Å². The lowest BCUT2D eigenvalue weighted by Crippen LogP contribution is -2.38. The Balaban J connectivity index is 1.58. The number of nitrogens with zero attached hydrogens (tertiary/aromatic N) is 5. The van der Waals surface area contributed by atoms with Crippen LogP contribution in [0.15, 0.2) is 24.8 Å². The van der Waals surface area contributed by atoms with Gasteiger partial charge < -0.3 is 20.1 Å². The van der Waals surface area contributed by atoms with Crippen molar-refractivity contribution in [2.75, 3.05) is 30.4 Å². The lowest BCUT2D eigenvalue weighted by atomic mass is 10.2. The van der Waals surface area contributed by atoms with Crippen LogP contribution in [0.1, 0.15) is 25.6 Å². The molecule has 0 bridgehead atoms. The highest BCUT2D eigenvalue weighted by atomic mass is 15.3. The van der Waals surface area contributed by atoms with E-state index in [0.717, 1.165) is 43.6 Å². The molecular formula is C16H25N7. The maximum Gasteiger partial charge on any atom is 0.134 e. The molecule has 2 aromatic rings. The zero-order chi connectivity index (χ0) is 16.1. The maximum absolute atomic E-state index is 4.44. The molecule has 7 nitrogen and oxygen atoms in total. The molecule has 7 heteroatoms. The lowest BCUT2D eigenvalue weighted by Gasteiger charge is -2.26. The van der Waals surface area contributed by atoms with Crippen LogP contribution in [0.25, 0.3) is 0 Å². The minimum atomic E-state index is 0.472. The van der Waals surface area contributed by atoms with Gasteiger partial charge in [0.2, 0.25) is 0 Å². The number of hydrogen-bond donors (Lipinski definition) is 2. The predicted octanol–water partition coefficient (Wildman–Crippen LogP) is 1.49. The highest BCUT2D eigenvalue weighted by Crippen LogP contribution is 2.24. The second kappa shape index (κ2) is 7.41. The molecule has 1 atom stereocenters. The van der Waals surface area contributed by atoms with Gasteiger partial charge >= 0.3 is 0 Å². The summed E-state index contributed by atoms with van der Waals surface area (Å²) in [6.07, 6.45) is 7.91. The summed E-state index contributed by atoms with van der Waals surface area (Å²) >= 11 is 0. The number of hydrogen-bond acceptors (Lipinski definition) is 6. The van der Waals surface area contributed by atoms with E-state index in [0.29, 0.717) is 6.04 Å². The molecule has 0 unspecified atom stereocenters. The van der Waals surface area contributed by atoms with E-state index in [2.05, 4.69) is 42.0 Å². The molecule has 0 aliphatic carbocycles. The van der Waals surface area contributed by atoms with Crippen LogP contribution in [0.5, 0.6) is 0 Å². The van der Waals surface area contributed by atoms with Crippen molar-refractivity contribution in [1.82, 2.24) is 24.8 Å². The topological polar surface area (TPSA) is 70.9 Å². The highest BCUT2D eigenvalue weighted by Gasteiger charge is 2.25. The first kappa shape index (κ1) is 15.7. The molecule has 2 N–H and O–H groups in total. The SMILES string of the molecule is CCn1ccnc1CNC[C@@H]1CCCN1c1cc(NC)ncn1. The smallest absolute Gasteiger partial charge is 0.134 e. The van der Waals surface area contributed by atoms with Crippen LogP contribution < -0.4 is 15.5 Å². The Kier molecular flexibility index (Phi) is 5.07. The van der Waals surface area contributed by atoms with Crippen LogP contribution in [0, 0.1) is 0 Å². The molecule has 0 saturated carbocycles. The van der Waals surface area contributed by atoms with Crippen molar-refractivity contribution in [3.05, 3.63) is 30.6 Å². The van der Waals surface area contributed by atoms with E-state index >= 15 is 0 Å². The highest BCUT2D eigenvalue weighted by molar-refractivity contribution is 5.49. The number of imidazole rings is 1. The largest absolute Gasteiger partial charge is 0.373 e. The van der Waals surface area contributed by atoms with Crippen LogP contribution in [-0.4, -0.2) is 45.7 Å². The van der Waals surface area contributed by atoms with Crippen molar-refractivity contribution in [3.8, 4) is 0 Å². The van der Waals surface area contributed by atoms with Crippen molar-refractivity contribution >= 4 is 11.6 Å². The second-order valence-corrected chi connectivity index (χ2v) is 5.76. The summed E-state index contributed by atoms with van der Waals surface area (Å²) in [7, 11) is 1.88. The van der Waals surface area contributed by atoms with Gasteiger partial charge in [-0.25, -0.2) is 15.0 Å². The third-order valence-corrected chi connectivity index (χ3v) is 4.39. The number of nitrogens with one attached hydrogen (secondary N) is 2. The Morgan fingerprint density at radius 2 is 2.22 bits per heavy atom. The Labute approximate surface area is 137 Å². The summed E-state index contributed by atoms with van der Waals surface area (Å²) in [5.41, 5.74) is 0. The van der Waals surface area contributed by atoms with Gasteiger partial charge in [-0.2, -0.15) is 0 Å². The molecule has 1 aliphatic rings. The minimum absolute atomic E-state index is 0.472. The van der Waals surface area contributed by atoms with Crippen molar-refractivity contribution in [2.45, 2.75) is 38.9 Å². The van der Waals surface area contributed by atoms with E-state index in [1.54, 1.807) is 6.33 Å². The first-order chi connectivity index (χ1) is 11.3. The summed E-state index contributed by atoms with van der Waals surface area (Å²) in [4.78, 5) is 15.4. The zero-order valence-electron chi connectivity index (χ0n) is 13.9. The average molecular weight is 315 g/mol. The van der Waals surface area contributed by atoms with Crippen molar-refractivity contribution in [2.24, 2.45) is 0 Å². The Morgan fingerprint density at radius 3 is 3.04 bits per heavy atom. The molecule has 124 valence electrons. The monoisotopic (exact) mass is 315 g/mol. The van der Waals surface area contributed by atoms with Gasteiger partial charge in [0.25, 0.3) is 0 Å². The number of aryl methyl sites for hydroxylation is 1. The Bertz CT molecular complexity index is 624. The molecule has 0 radical (unpaired) electrons. The molecule has 0 amide bonds. The third kappa shape index (κ3) is 3.61. The first-order valence-electron chi connectivity index (χ1n) is 8.29. The van der Waals surface area contributed by atoms with Crippen molar-refractivity contribution in [1.29, 1.82) is 0 Å². The third-order valence-electron chi connectivity index (χ3n) is 4.39. The molecule has 1 aliphatic heterocycles. The van der Waals surface area contributed by atoms with E-state index in [1.165, 1.54) is 12.8 Å². The molecule has 2 aromatic heterocycles. The summed E-state index contributed by atoms with van der Waals surface area (Å²) < 4.78 is 2.17. The quantitative estimate of drug-likeness (QED) is 0.807. The maximum atomic E-state index is 4.44. The molecule has 3 heterocycles. The van der Waals surface area contributed by atoms with Gasteiger partial charge in [0.1, 0.15) is 23.8 Å². The molecule has 1 fully saturated rings. The van der Waals surface area contributed by atoms with E-state index in [-0.39, 0.29) is 0 Å². The fourth-order valence-electron chi connectivity index (χ4n) is 3.14. The second-order valence-electron chi connectivity index (χ2n) is 5.76. The molecule has 0 aromatic carbocycles. The number of aromatic nitrogens is 4. The molecular weight excluding hydrogens is 290 g/mol. The van der Waals surface area contributed by atoms with Gasteiger partial charge in [-0.15, -0.1) is 0 Å². The first-order valence-corrected chi connectivity index (χ1v) is 8.29. The average Bonchev–Trinajstić information content (AvgIpc) is 3.24. The van der Waals surface area contributed by atoms with Crippen molar-refractivity contribution in [3.63, 3.8) is 0 Å². The summed E-state index contributed by atoms with van der Waals surface area (Å²) in [6, 6.07) is 2.49. The zero-order valence-corrected chi connectivity index (χ0v) is 13.9. The molecule has 0 spiro atoms. The van der Waals surface area contributed by atoms with Gasteiger partial charge in [0.05, 0.1) is 6.54 Å². The van der Waals surface area contributed by atoms with E-state index in [4.69, 9.17) is 0 Å². The standard InChI is InChI=1S/C16H25N7/c1-3-22-8-6-19-16(22)11-18-10-13-5-4-7-23(13)15-9-14(17-2)20-12-21-15/h6,8-9,12-13,18H,3-5,7,10-11H2,1-2H3,(H,17,20,21)/t13-/m0/s1.